The summed E-state index contributed by atoms with van der Waals surface area (Å²) < 4.78 is 0. The molecule has 0 radical (unpaired) electrons. The molecule has 7 aromatic rings. The van der Waals surface area contributed by atoms with Crippen molar-refractivity contribution in [2.45, 2.75) is 31.1 Å². The van der Waals surface area contributed by atoms with Crippen LogP contribution in [0.3, 0.4) is 0 Å². The molecule has 3 aliphatic carbocycles. The fourth-order valence-corrected chi connectivity index (χ4v) is 9.72. The second-order valence-electron chi connectivity index (χ2n) is 13.9. The van der Waals surface area contributed by atoms with Gasteiger partial charge in [-0.25, -0.2) is 0 Å². The van der Waals surface area contributed by atoms with E-state index in [9.17, 15) is 0 Å². The fourth-order valence-electron chi connectivity index (χ4n) is 9.72. The molecule has 7 aromatic carbocycles. The van der Waals surface area contributed by atoms with Crippen molar-refractivity contribution in [3.8, 4) is 22.3 Å². The number of para-hydroxylation sites is 1. The van der Waals surface area contributed by atoms with Crippen LogP contribution in [0.2, 0.25) is 0 Å². The van der Waals surface area contributed by atoms with Crippen LogP contribution in [0.5, 0.6) is 0 Å². The Labute approximate surface area is 288 Å². The zero-order valence-electron chi connectivity index (χ0n) is 27.7. The second kappa shape index (κ2) is 10.4. The van der Waals surface area contributed by atoms with Gasteiger partial charge in [-0.2, -0.15) is 0 Å². The number of rotatable bonds is 3. The van der Waals surface area contributed by atoms with Crippen molar-refractivity contribution < 1.29 is 0 Å². The van der Waals surface area contributed by atoms with E-state index in [4.69, 9.17) is 4.99 Å². The lowest BCUT2D eigenvalue weighted by molar-refractivity contribution is 0.632. The number of hydrogen-bond acceptors (Lipinski definition) is 1. The first-order valence-corrected chi connectivity index (χ1v) is 17.4. The summed E-state index contributed by atoms with van der Waals surface area (Å²) in [5.74, 6) is 0. The topological polar surface area (TPSA) is 12.4 Å². The molecular weight excluding hydrogens is 591 g/mol. The molecular formula is C48H35N. The molecule has 0 aliphatic heterocycles. The fraction of sp³-hybridized carbons (Fsp3) is 0.104. The lowest BCUT2D eigenvalue weighted by atomic mass is 9.52. The molecule has 10 rings (SSSR count). The molecule has 0 fully saturated rings. The van der Waals surface area contributed by atoms with Gasteiger partial charge in [0.05, 0.1) is 16.5 Å². The smallest absolute Gasteiger partial charge is 0.0720 e. The molecule has 0 saturated carbocycles. The van der Waals surface area contributed by atoms with E-state index in [1.54, 1.807) is 0 Å². The first-order valence-electron chi connectivity index (χ1n) is 17.4. The van der Waals surface area contributed by atoms with Crippen LogP contribution in [0, 0.1) is 6.92 Å². The third-order valence-electron chi connectivity index (χ3n) is 11.5. The monoisotopic (exact) mass is 625 g/mol. The van der Waals surface area contributed by atoms with Crippen molar-refractivity contribution in [1.82, 2.24) is 0 Å². The molecule has 0 bridgehead atoms. The summed E-state index contributed by atoms with van der Waals surface area (Å²) in [6.45, 7) is 4.31. The van der Waals surface area contributed by atoms with Crippen LogP contribution < -0.4 is 0 Å². The van der Waals surface area contributed by atoms with E-state index in [0.717, 1.165) is 17.8 Å². The number of benzene rings is 7. The summed E-state index contributed by atoms with van der Waals surface area (Å²) in [5, 5.41) is 0. The molecule has 1 nitrogen and oxygen atoms in total. The van der Waals surface area contributed by atoms with E-state index in [2.05, 4.69) is 178 Å². The van der Waals surface area contributed by atoms with E-state index in [1.807, 2.05) is 0 Å². The van der Waals surface area contributed by atoms with Gasteiger partial charge in [0.25, 0.3) is 0 Å². The average Bonchev–Trinajstić information content (AvgIpc) is 3.61. The summed E-state index contributed by atoms with van der Waals surface area (Å²) >= 11 is 0. The number of nitrogens with zero attached hydrogens (tertiary/aromatic N) is 1. The van der Waals surface area contributed by atoms with Crippen molar-refractivity contribution in [3.63, 3.8) is 0 Å². The number of fused-ring (bicyclic) bond motifs is 16. The maximum Gasteiger partial charge on any atom is 0.0720 e. The number of hydrogen-bond donors (Lipinski definition) is 0. The third kappa shape index (κ3) is 3.57. The van der Waals surface area contributed by atoms with E-state index in [1.165, 1.54) is 77.9 Å². The minimum atomic E-state index is -0.464. The van der Waals surface area contributed by atoms with Gasteiger partial charge in [-0.05, 0) is 97.8 Å². The minimum absolute atomic E-state index is 0.419. The number of aryl methyl sites for hydroxylation is 1. The van der Waals surface area contributed by atoms with E-state index < -0.39 is 10.8 Å². The van der Waals surface area contributed by atoms with Gasteiger partial charge in [-0.15, -0.1) is 0 Å². The summed E-state index contributed by atoms with van der Waals surface area (Å²) in [6, 6.07) is 61.4. The van der Waals surface area contributed by atoms with E-state index in [-0.39, 0.29) is 0 Å². The van der Waals surface area contributed by atoms with Crippen LogP contribution in [0.25, 0.3) is 22.3 Å². The summed E-state index contributed by atoms with van der Waals surface area (Å²) in [6.07, 6.45) is 0.788. The molecule has 0 aromatic heterocycles. The van der Waals surface area contributed by atoms with Gasteiger partial charge in [-0.3, -0.25) is 4.99 Å². The third-order valence-corrected chi connectivity index (χ3v) is 11.5. The van der Waals surface area contributed by atoms with Gasteiger partial charge >= 0.3 is 0 Å². The predicted molar refractivity (Wildman–Crippen MR) is 202 cm³/mol. The first-order chi connectivity index (χ1) is 24.1. The summed E-state index contributed by atoms with van der Waals surface area (Å²) in [5.41, 5.74) is 20.1. The number of aliphatic imine (C=N–C) groups is 1. The lowest BCUT2D eigenvalue weighted by Crippen LogP contribution is -2.43. The molecule has 2 spiro atoms. The molecule has 0 saturated heterocycles. The van der Waals surface area contributed by atoms with Crippen LogP contribution in [-0.4, -0.2) is 5.71 Å². The van der Waals surface area contributed by atoms with Gasteiger partial charge in [0.15, 0.2) is 0 Å². The van der Waals surface area contributed by atoms with Crippen molar-refractivity contribution in [3.05, 3.63) is 219 Å². The van der Waals surface area contributed by atoms with Gasteiger partial charge < -0.3 is 0 Å². The van der Waals surface area contributed by atoms with Crippen molar-refractivity contribution in [2.75, 3.05) is 0 Å². The maximum atomic E-state index is 5.12. The Morgan fingerprint density at radius 2 is 0.837 bits per heavy atom. The highest BCUT2D eigenvalue weighted by atomic mass is 14.7. The molecule has 232 valence electrons. The minimum Gasteiger partial charge on any atom is -0.258 e. The zero-order chi connectivity index (χ0) is 32.7. The highest BCUT2D eigenvalue weighted by Crippen LogP contribution is 2.67. The molecule has 0 unspecified atom stereocenters. The molecule has 49 heavy (non-hydrogen) atoms. The molecule has 0 heterocycles. The van der Waals surface area contributed by atoms with Gasteiger partial charge in [0, 0.05) is 12.1 Å². The highest BCUT2D eigenvalue weighted by Gasteiger charge is 2.58. The van der Waals surface area contributed by atoms with E-state index >= 15 is 0 Å². The summed E-state index contributed by atoms with van der Waals surface area (Å²) in [7, 11) is 0. The molecule has 0 N–H and O–H groups in total. The Balaban J connectivity index is 1.29. The Hall–Kier alpha value is -5.79. The SMILES string of the molecule is CC(Cc1cccc2c1-c1ccccc1C21c2ccccc2C2(c3ccccc3-c3ccccc32)c2ccccc21)=Nc1ccccc1C. The van der Waals surface area contributed by atoms with Crippen molar-refractivity contribution in [1.29, 1.82) is 0 Å². The average molecular weight is 626 g/mol. The quantitative estimate of drug-likeness (QED) is 0.173. The Bertz CT molecular complexity index is 2420. The molecule has 3 aliphatic rings. The van der Waals surface area contributed by atoms with Crippen LogP contribution >= 0.6 is 0 Å². The molecule has 1 heteroatoms. The van der Waals surface area contributed by atoms with Gasteiger partial charge in [0.1, 0.15) is 0 Å². The van der Waals surface area contributed by atoms with Crippen molar-refractivity contribution >= 4 is 11.4 Å². The highest BCUT2D eigenvalue weighted by molar-refractivity contribution is 5.96. The Kier molecular flexibility index (Phi) is 5.97. The lowest BCUT2D eigenvalue weighted by Gasteiger charge is -2.48. The standard InChI is InChI=1S/C48H35N/c1-31-16-3-14-29-45(31)49-32(2)30-33-17-15-28-44-46(33)36-20-6-9-23-39(36)48(44)42-26-12-10-24-40(42)47(41-25-11-13-27-43(41)48)37-21-7-4-18-34(37)35-19-5-8-22-38(35)47/h3-29H,30H2,1-2H3. The predicted octanol–water partition coefficient (Wildman–Crippen LogP) is 11.4. The first kappa shape index (κ1) is 28.2. The van der Waals surface area contributed by atoms with Crippen LogP contribution in [0.4, 0.5) is 5.69 Å². The van der Waals surface area contributed by atoms with Gasteiger partial charge in [-0.1, -0.05) is 158 Å². The zero-order valence-corrected chi connectivity index (χ0v) is 27.7. The maximum absolute atomic E-state index is 5.12. The molecule has 0 atom stereocenters. The Morgan fingerprint density at radius 1 is 0.429 bits per heavy atom. The van der Waals surface area contributed by atoms with Crippen molar-refractivity contribution in [2.24, 2.45) is 4.99 Å². The van der Waals surface area contributed by atoms with E-state index in [0.29, 0.717) is 0 Å². The largest absolute Gasteiger partial charge is 0.258 e. The Morgan fingerprint density at radius 3 is 1.39 bits per heavy atom. The van der Waals surface area contributed by atoms with Crippen LogP contribution in [0.1, 0.15) is 62.6 Å². The van der Waals surface area contributed by atoms with Crippen LogP contribution in [0.15, 0.2) is 169 Å². The van der Waals surface area contributed by atoms with Crippen LogP contribution in [-0.2, 0) is 17.3 Å². The normalized spacial score (nSPS) is 15.3. The second-order valence-corrected chi connectivity index (χ2v) is 13.9. The van der Waals surface area contributed by atoms with Gasteiger partial charge in [0.2, 0.25) is 0 Å². The summed E-state index contributed by atoms with van der Waals surface area (Å²) in [4.78, 5) is 5.12. The molecule has 0 amide bonds.